The average Bonchev–Trinajstić information content (AvgIpc) is 2.90. The van der Waals surface area contributed by atoms with Gasteiger partial charge >= 0.3 is 0 Å². The lowest BCUT2D eigenvalue weighted by Gasteiger charge is -2.11. The summed E-state index contributed by atoms with van der Waals surface area (Å²) in [7, 11) is 1.50. The first-order valence-electron chi connectivity index (χ1n) is 6.28. The lowest BCUT2D eigenvalue weighted by Crippen LogP contribution is -2.14. The zero-order valence-corrected chi connectivity index (χ0v) is 10.7. The number of fused-ring (bicyclic) bond motifs is 1. The summed E-state index contributed by atoms with van der Waals surface area (Å²) in [4.78, 5) is 20.8. The highest BCUT2D eigenvalue weighted by atomic mass is 16.5. The maximum absolute atomic E-state index is 12.6. The number of benzene rings is 1. The number of hydrogen-bond donors (Lipinski definition) is 0. The quantitative estimate of drug-likeness (QED) is 0.789. The Labute approximate surface area is 111 Å². The standard InChI is InChI=1S/C15H14N2O2/c1-19-15-13(16-8-9-17-15)14(18)12-7-6-10-4-2-3-5-11(10)12/h2-5,8-9,12H,6-7H2,1H3. The van der Waals surface area contributed by atoms with Crippen molar-refractivity contribution in [1.82, 2.24) is 9.97 Å². The number of ketones is 1. The van der Waals surface area contributed by atoms with E-state index in [-0.39, 0.29) is 11.7 Å². The molecule has 0 N–H and O–H groups in total. The van der Waals surface area contributed by atoms with Gasteiger partial charge in [-0.1, -0.05) is 24.3 Å². The Balaban J connectivity index is 1.98. The van der Waals surface area contributed by atoms with Crippen molar-refractivity contribution >= 4 is 5.78 Å². The second kappa shape index (κ2) is 4.80. The van der Waals surface area contributed by atoms with Crippen LogP contribution in [0.2, 0.25) is 0 Å². The third-order valence-electron chi connectivity index (χ3n) is 3.54. The van der Waals surface area contributed by atoms with Gasteiger partial charge < -0.3 is 4.74 Å². The molecule has 0 bridgehead atoms. The number of carbonyl (C=O) groups excluding carboxylic acids is 1. The van der Waals surface area contributed by atoms with Crippen LogP contribution in [0.15, 0.2) is 36.7 Å². The molecule has 0 saturated heterocycles. The SMILES string of the molecule is COc1nccnc1C(=O)C1CCc2ccccc21. The molecule has 4 nitrogen and oxygen atoms in total. The first-order valence-corrected chi connectivity index (χ1v) is 6.28. The number of methoxy groups -OCH3 is 1. The van der Waals surface area contributed by atoms with Crippen molar-refractivity contribution in [2.75, 3.05) is 7.11 Å². The molecule has 4 heteroatoms. The smallest absolute Gasteiger partial charge is 0.243 e. The van der Waals surface area contributed by atoms with Crippen LogP contribution in [0.3, 0.4) is 0 Å². The molecule has 1 heterocycles. The average molecular weight is 254 g/mol. The fourth-order valence-corrected chi connectivity index (χ4v) is 2.64. The normalized spacial score (nSPS) is 17.0. The van der Waals surface area contributed by atoms with E-state index in [1.165, 1.54) is 25.1 Å². The second-order valence-corrected chi connectivity index (χ2v) is 4.57. The first-order chi connectivity index (χ1) is 9.31. The van der Waals surface area contributed by atoms with Crippen molar-refractivity contribution in [3.8, 4) is 5.88 Å². The van der Waals surface area contributed by atoms with Gasteiger partial charge in [-0.25, -0.2) is 9.97 Å². The van der Waals surface area contributed by atoms with E-state index < -0.39 is 0 Å². The van der Waals surface area contributed by atoms with Crippen molar-refractivity contribution in [1.29, 1.82) is 0 Å². The van der Waals surface area contributed by atoms with Gasteiger partial charge in [0.25, 0.3) is 0 Å². The number of Topliss-reactive ketones (excluding diaryl/α,β-unsaturated/α-hetero) is 1. The van der Waals surface area contributed by atoms with Crippen molar-refractivity contribution in [2.45, 2.75) is 18.8 Å². The van der Waals surface area contributed by atoms with Gasteiger partial charge in [-0.2, -0.15) is 0 Å². The van der Waals surface area contributed by atoms with Gasteiger partial charge in [0.1, 0.15) is 0 Å². The zero-order chi connectivity index (χ0) is 13.2. The summed E-state index contributed by atoms with van der Waals surface area (Å²) in [5.41, 5.74) is 2.69. The predicted octanol–water partition coefficient (Wildman–Crippen LogP) is 2.40. The summed E-state index contributed by atoms with van der Waals surface area (Å²) < 4.78 is 5.12. The Bertz CT molecular complexity index is 625. The third-order valence-corrected chi connectivity index (χ3v) is 3.54. The maximum atomic E-state index is 12.6. The van der Waals surface area contributed by atoms with Crippen molar-refractivity contribution in [3.05, 3.63) is 53.5 Å². The lowest BCUT2D eigenvalue weighted by atomic mass is 9.95. The molecule has 0 fully saturated rings. The Kier molecular flexibility index (Phi) is 2.99. The van der Waals surface area contributed by atoms with Crippen LogP contribution in [0, 0.1) is 0 Å². The minimum atomic E-state index is -0.123. The molecule has 0 saturated carbocycles. The highest BCUT2D eigenvalue weighted by Gasteiger charge is 2.31. The van der Waals surface area contributed by atoms with Crippen molar-refractivity contribution < 1.29 is 9.53 Å². The van der Waals surface area contributed by atoms with Crippen LogP contribution in [-0.2, 0) is 6.42 Å². The van der Waals surface area contributed by atoms with Gasteiger partial charge in [0.05, 0.1) is 7.11 Å². The van der Waals surface area contributed by atoms with Crippen LogP contribution in [0.5, 0.6) is 5.88 Å². The molecule has 1 aromatic heterocycles. The topological polar surface area (TPSA) is 52.1 Å². The van der Waals surface area contributed by atoms with Crippen LogP contribution in [0.25, 0.3) is 0 Å². The Hall–Kier alpha value is -2.23. The molecule has 1 aromatic carbocycles. The highest BCUT2D eigenvalue weighted by molar-refractivity contribution is 6.01. The van der Waals surface area contributed by atoms with E-state index in [9.17, 15) is 4.79 Å². The van der Waals surface area contributed by atoms with Gasteiger partial charge in [-0.15, -0.1) is 0 Å². The summed E-state index contributed by atoms with van der Waals surface area (Å²) in [6.45, 7) is 0. The number of ether oxygens (including phenoxy) is 1. The predicted molar refractivity (Wildman–Crippen MR) is 70.4 cm³/mol. The number of aryl methyl sites for hydroxylation is 1. The van der Waals surface area contributed by atoms with E-state index in [1.54, 1.807) is 0 Å². The number of carbonyl (C=O) groups is 1. The van der Waals surface area contributed by atoms with Gasteiger partial charge in [0.2, 0.25) is 5.88 Å². The van der Waals surface area contributed by atoms with E-state index in [0.717, 1.165) is 18.4 Å². The highest BCUT2D eigenvalue weighted by Crippen LogP contribution is 2.35. The summed E-state index contributed by atoms with van der Waals surface area (Å²) in [6, 6.07) is 8.08. The third kappa shape index (κ3) is 1.99. The van der Waals surface area contributed by atoms with E-state index >= 15 is 0 Å². The Morgan fingerprint density at radius 2 is 2.05 bits per heavy atom. The zero-order valence-electron chi connectivity index (χ0n) is 10.7. The van der Waals surface area contributed by atoms with Crippen molar-refractivity contribution in [2.24, 2.45) is 0 Å². The molecule has 0 aliphatic heterocycles. The molecule has 0 radical (unpaired) electrons. The van der Waals surface area contributed by atoms with E-state index in [1.807, 2.05) is 18.2 Å². The Morgan fingerprint density at radius 1 is 1.26 bits per heavy atom. The van der Waals surface area contributed by atoms with E-state index in [0.29, 0.717) is 11.6 Å². The minimum absolute atomic E-state index is 0.00472. The molecule has 96 valence electrons. The molecule has 0 spiro atoms. The monoisotopic (exact) mass is 254 g/mol. The second-order valence-electron chi connectivity index (χ2n) is 4.57. The number of hydrogen-bond acceptors (Lipinski definition) is 4. The van der Waals surface area contributed by atoms with Gasteiger partial charge in [0.15, 0.2) is 11.5 Å². The van der Waals surface area contributed by atoms with Crippen LogP contribution < -0.4 is 4.74 Å². The molecule has 1 unspecified atom stereocenters. The molecular formula is C15H14N2O2. The fraction of sp³-hybridized carbons (Fsp3) is 0.267. The minimum Gasteiger partial charge on any atom is -0.479 e. The molecule has 3 rings (SSSR count). The summed E-state index contributed by atoms with van der Waals surface area (Å²) >= 11 is 0. The number of aromatic nitrogens is 2. The van der Waals surface area contributed by atoms with Crippen LogP contribution in [-0.4, -0.2) is 22.9 Å². The Morgan fingerprint density at radius 3 is 2.89 bits per heavy atom. The van der Waals surface area contributed by atoms with Crippen LogP contribution >= 0.6 is 0 Å². The number of rotatable bonds is 3. The maximum Gasteiger partial charge on any atom is 0.243 e. The molecule has 0 amide bonds. The van der Waals surface area contributed by atoms with Gasteiger partial charge in [0, 0.05) is 18.3 Å². The van der Waals surface area contributed by atoms with E-state index in [2.05, 4.69) is 16.0 Å². The molecule has 19 heavy (non-hydrogen) atoms. The summed E-state index contributed by atoms with van der Waals surface area (Å²) in [6.07, 6.45) is 4.82. The molecule has 1 aliphatic rings. The van der Waals surface area contributed by atoms with Gasteiger partial charge in [-0.05, 0) is 24.0 Å². The van der Waals surface area contributed by atoms with Crippen LogP contribution in [0.1, 0.15) is 34.0 Å². The first kappa shape index (κ1) is 11.8. The van der Waals surface area contributed by atoms with Crippen molar-refractivity contribution in [3.63, 3.8) is 0 Å². The van der Waals surface area contributed by atoms with E-state index in [4.69, 9.17) is 4.74 Å². The van der Waals surface area contributed by atoms with Crippen LogP contribution in [0.4, 0.5) is 0 Å². The summed E-state index contributed by atoms with van der Waals surface area (Å²) in [5, 5.41) is 0. The molecule has 2 aromatic rings. The lowest BCUT2D eigenvalue weighted by molar-refractivity contribution is 0.0950. The fourth-order valence-electron chi connectivity index (χ4n) is 2.64. The molecule has 1 aliphatic carbocycles. The van der Waals surface area contributed by atoms with Gasteiger partial charge in [-0.3, -0.25) is 4.79 Å². The molecular weight excluding hydrogens is 240 g/mol. The summed E-state index contributed by atoms with van der Waals surface area (Å²) in [5.74, 6) is 0.175. The largest absolute Gasteiger partial charge is 0.479 e. The number of nitrogens with zero attached hydrogens (tertiary/aromatic N) is 2. The molecule has 1 atom stereocenters.